The van der Waals surface area contributed by atoms with Crippen LogP contribution in [0.5, 0.6) is 0 Å². The van der Waals surface area contributed by atoms with Gasteiger partial charge in [-0.05, 0) is 31.0 Å². The van der Waals surface area contributed by atoms with Crippen LogP contribution in [-0.4, -0.2) is 0 Å². The molecule has 0 amide bonds. The SMILES string of the molecule is Cc1cc(C)cc(C(NN)c2cccc(F)c2Cl)c1. The summed E-state index contributed by atoms with van der Waals surface area (Å²) >= 11 is 6.03. The second kappa shape index (κ2) is 5.70. The third-order valence-corrected chi connectivity index (χ3v) is 3.44. The Kier molecular flexibility index (Phi) is 4.20. The van der Waals surface area contributed by atoms with Gasteiger partial charge in [-0.2, -0.15) is 0 Å². The van der Waals surface area contributed by atoms with Crippen LogP contribution in [0.4, 0.5) is 4.39 Å². The summed E-state index contributed by atoms with van der Waals surface area (Å²) in [6, 6.07) is 10.5. The number of benzene rings is 2. The van der Waals surface area contributed by atoms with Crippen molar-refractivity contribution in [3.63, 3.8) is 0 Å². The van der Waals surface area contributed by atoms with E-state index in [-0.39, 0.29) is 11.1 Å². The van der Waals surface area contributed by atoms with Gasteiger partial charge in [-0.15, -0.1) is 0 Å². The maximum absolute atomic E-state index is 13.5. The zero-order valence-electron chi connectivity index (χ0n) is 10.9. The lowest BCUT2D eigenvalue weighted by atomic mass is 9.96. The molecular formula is C15H16ClFN2. The van der Waals surface area contributed by atoms with E-state index in [2.05, 4.69) is 11.5 Å². The topological polar surface area (TPSA) is 38.0 Å². The fraction of sp³-hybridized carbons (Fsp3) is 0.200. The molecule has 0 aliphatic rings. The molecule has 0 heterocycles. The van der Waals surface area contributed by atoms with E-state index in [0.717, 1.165) is 16.7 Å². The molecular weight excluding hydrogens is 263 g/mol. The third kappa shape index (κ3) is 2.95. The van der Waals surface area contributed by atoms with E-state index in [0.29, 0.717) is 5.56 Å². The predicted octanol–water partition coefficient (Wildman–Crippen LogP) is 3.65. The molecule has 3 N–H and O–H groups in total. The molecule has 2 nitrogen and oxygen atoms in total. The minimum Gasteiger partial charge on any atom is -0.271 e. The fourth-order valence-corrected chi connectivity index (χ4v) is 2.52. The van der Waals surface area contributed by atoms with E-state index in [1.807, 2.05) is 26.0 Å². The minimum atomic E-state index is -0.441. The number of hydrogen-bond acceptors (Lipinski definition) is 2. The first-order valence-corrected chi connectivity index (χ1v) is 6.39. The van der Waals surface area contributed by atoms with Crippen LogP contribution in [0.2, 0.25) is 5.02 Å². The highest BCUT2D eigenvalue weighted by molar-refractivity contribution is 6.31. The van der Waals surface area contributed by atoms with Crippen molar-refractivity contribution in [1.29, 1.82) is 0 Å². The van der Waals surface area contributed by atoms with Crippen LogP contribution in [0.3, 0.4) is 0 Å². The lowest BCUT2D eigenvalue weighted by molar-refractivity contribution is 0.605. The number of aryl methyl sites for hydroxylation is 2. The smallest absolute Gasteiger partial charge is 0.142 e. The van der Waals surface area contributed by atoms with Crippen molar-refractivity contribution in [3.8, 4) is 0 Å². The molecule has 1 atom stereocenters. The summed E-state index contributed by atoms with van der Waals surface area (Å²) in [6.07, 6.45) is 0. The molecule has 0 aliphatic carbocycles. The van der Waals surface area contributed by atoms with Crippen LogP contribution in [0.15, 0.2) is 36.4 Å². The molecule has 0 saturated carbocycles. The van der Waals surface area contributed by atoms with Crippen LogP contribution in [0, 0.1) is 19.7 Å². The van der Waals surface area contributed by atoms with Gasteiger partial charge in [-0.1, -0.05) is 53.1 Å². The minimum absolute atomic E-state index is 0.101. The quantitative estimate of drug-likeness (QED) is 0.664. The zero-order chi connectivity index (χ0) is 14.0. The summed E-state index contributed by atoms with van der Waals surface area (Å²) in [6.45, 7) is 4.02. The number of nitrogens with one attached hydrogen (secondary N) is 1. The van der Waals surface area contributed by atoms with Gasteiger partial charge in [0.2, 0.25) is 0 Å². The Balaban J connectivity index is 2.53. The highest BCUT2D eigenvalue weighted by atomic mass is 35.5. The monoisotopic (exact) mass is 278 g/mol. The molecule has 0 radical (unpaired) electrons. The molecule has 2 rings (SSSR count). The summed E-state index contributed by atoms with van der Waals surface area (Å²) in [5, 5.41) is 0.101. The summed E-state index contributed by atoms with van der Waals surface area (Å²) in [4.78, 5) is 0. The summed E-state index contributed by atoms with van der Waals surface area (Å²) in [5.41, 5.74) is 6.56. The Morgan fingerprint density at radius 3 is 2.37 bits per heavy atom. The zero-order valence-corrected chi connectivity index (χ0v) is 11.6. The van der Waals surface area contributed by atoms with Crippen molar-refractivity contribution < 1.29 is 4.39 Å². The lowest BCUT2D eigenvalue weighted by Crippen LogP contribution is -2.29. The number of hydrogen-bond donors (Lipinski definition) is 2. The predicted molar refractivity (Wildman–Crippen MR) is 76.5 cm³/mol. The largest absolute Gasteiger partial charge is 0.271 e. The van der Waals surface area contributed by atoms with Crippen molar-refractivity contribution >= 4 is 11.6 Å². The maximum atomic E-state index is 13.5. The van der Waals surface area contributed by atoms with Crippen molar-refractivity contribution in [2.24, 2.45) is 5.84 Å². The van der Waals surface area contributed by atoms with Gasteiger partial charge in [-0.3, -0.25) is 5.84 Å². The van der Waals surface area contributed by atoms with Crippen molar-refractivity contribution in [3.05, 3.63) is 69.5 Å². The Bertz CT molecular complexity index is 578. The van der Waals surface area contributed by atoms with Crippen molar-refractivity contribution in [2.75, 3.05) is 0 Å². The number of halogens is 2. The Morgan fingerprint density at radius 2 is 1.79 bits per heavy atom. The van der Waals surface area contributed by atoms with Gasteiger partial charge in [0, 0.05) is 0 Å². The van der Waals surface area contributed by atoms with Crippen LogP contribution in [0.1, 0.15) is 28.3 Å². The lowest BCUT2D eigenvalue weighted by Gasteiger charge is -2.19. The standard InChI is InChI=1S/C15H16ClFN2/c1-9-6-10(2)8-11(7-9)15(19-18)12-4-3-5-13(17)14(12)16/h3-8,15,19H,18H2,1-2H3. The first kappa shape index (κ1) is 14.0. The second-order valence-electron chi connectivity index (χ2n) is 4.66. The number of nitrogens with two attached hydrogens (primary N) is 1. The van der Waals surface area contributed by atoms with E-state index in [1.165, 1.54) is 6.07 Å². The van der Waals surface area contributed by atoms with Crippen LogP contribution in [0.25, 0.3) is 0 Å². The van der Waals surface area contributed by atoms with Gasteiger partial charge in [0.15, 0.2) is 0 Å². The summed E-state index contributed by atoms with van der Waals surface area (Å²) in [5.74, 6) is 5.18. The van der Waals surface area contributed by atoms with E-state index >= 15 is 0 Å². The van der Waals surface area contributed by atoms with Gasteiger partial charge in [0.25, 0.3) is 0 Å². The van der Waals surface area contributed by atoms with Gasteiger partial charge in [0.1, 0.15) is 5.82 Å². The number of rotatable bonds is 3. The molecule has 4 heteroatoms. The van der Waals surface area contributed by atoms with Crippen LogP contribution >= 0.6 is 11.6 Å². The van der Waals surface area contributed by atoms with Gasteiger partial charge in [-0.25, -0.2) is 9.82 Å². The molecule has 0 spiro atoms. The summed E-state index contributed by atoms with van der Waals surface area (Å²) < 4.78 is 13.5. The Hall–Kier alpha value is -1.42. The Morgan fingerprint density at radius 1 is 1.16 bits per heavy atom. The van der Waals surface area contributed by atoms with Crippen molar-refractivity contribution in [1.82, 2.24) is 5.43 Å². The first-order valence-electron chi connectivity index (χ1n) is 6.01. The van der Waals surface area contributed by atoms with Gasteiger partial charge in [0.05, 0.1) is 11.1 Å². The van der Waals surface area contributed by atoms with E-state index in [9.17, 15) is 4.39 Å². The van der Waals surface area contributed by atoms with Crippen molar-refractivity contribution in [2.45, 2.75) is 19.9 Å². The molecule has 0 aromatic heterocycles. The third-order valence-electron chi connectivity index (χ3n) is 3.04. The Labute approximate surface area is 117 Å². The molecule has 19 heavy (non-hydrogen) atoms. The average molecular weight is 279 g/mol. The average Bonchev–Trinajstić information content (AvgIpc) is 2.34. The fourth-order valence-electron chi connectivity index (χ4n) is 2.29. The molecule has 2 aromatic rings. The molecule has 0 aliphatic heterocycles. The van der Waals surface area contributed by atoms with E-state index < -0.39 is 5.82 Å². The van der Waals surface area contributed by atoms with Gasteiger partial charge < -0.3 is 0 Å². The maximum Gasteiger partial charge on any atom is 0.142 e. The molecule has 1 unspecified atom stereocenters. The molecule has 100 valence electrons. The van der Waals surface area contributed by atoms with E-state index in [4.69, 9.17) is 17.4 Å². The molecule has 0 fully saturated rings. The summed E-state index contributed by atoms with van der Waals surface area (Å²) in [7, 11) is 0. The second-order valence-corrected chi connectivity index (χ2v) is 5.04. The number of hydrazine groups is 1. The molecule has 0 bridgehead atoms. The molecule has 2 aromatic carbocycles. The first-order chi connectivity index (χ1) is 9.02. The highest BCUT2D eigenvalue weighted by Crippen LogP contribution is 2.30. The normalized spacial score (nSPS) is 12.5. The molecule has 0 saturated heterocycles. The van der Waals surface area contributed by atoms with E-state index in [1.54, 1.807) is 12.1 Å². The van der Waals surface area contributed by atoms with Gasteiger partial charge >= 0.3 is 0 Å². The van der Waals surface area contributed by atoms with Crippen LogP contribution < -0.4 is 11.3 Å². The van der Waals surface area contributed by atoms with Crippen LogP contribution in [-0.2, 0) is 0 Å². The highest BCUT2D eigenvalue weighted by Gasteiger charge is 2.18.